The number of nitrogens with zero attached hydrogens (tertiary/aromatic N) is 1. The molecular weight excluding hydrogens is 410 g/mol. The predicted octanol–water partition coefficient (Wildman–Crippen LogP) is 4.63. The monoisotopic (exact) mass is 435 g/mol. The minimum absolute atomic E-state index is 0.153. The van der Waals surface area contributed by atoms with Gasteiger partial charge in [-0.1, -0.05) is 47.5 Å². The zero-order valence-electron chi connectivity index (χ0n) is 18.0. The first-order valence-electron chi connectivity index (χ1n) is 10.1. The first-order valence-corrected chi connectivity index (χ1v) is 11.5. The number of methoxy groups -OCH3 is 1. The van der Waals surface area contributed by atoms with Gasteiger partial charge in [0.2, 0.25) is 0 Å². The topological polar surface area (TPSA) is 63.7 Å². The average molecular weight is 436 g/mol. The van der Waals surface area contributed by atoms with Gasteiger partial charge in [0.15, 0.2) is 14.6 Å². The van der Waals surface area contributed by atoms with Crippen LogP contribution in [0.3, 0.4) is 0 Å². The largest absolute Gasteiger partial charge is 0.497 e. The fourth-order valence-corrected chi connectivity index (χ4v) is 5.95. The van der Waals surface area contributed by atoms with E-state index in [0.29, 0.717) is 11.4 Å². The van der Waals surface area contributed by atoms with E-state index in [2.05, 4.69) is 0 Å². The zero-order valence-corrected chi connectivity index (χ0v) is 18.8. The molecule has 31 heavy (non-hydrogen) atoms. The third-order valence-corrected chi connectivity index (χ3v) is 8.46. The van der Waals surface area contributed by atoms with Crippen LogP contribution in [0.25, 0.3) is 0 Å². The van der Waals surface area contributed by atoms with Crippen LogP contribution in [-0.2, 0) is 14.6 Å². The first kappa shape index (κ1) is 21.1. The van der Waals surface area contributed by atoms with Crippen molar-refractivity contribution in [2.75, 3.05) is 12.0 Å². The van der Waals surface area contributed by atoms with Gasteiger partial charge in [-0.05, 0) is 62.7 Å². The van der Waals surface area contributed by atoms with Gasteiger partial charge in [-0.15, -0.1) is 0 Å². The maximum atomic E-state index is 13.7. The Morgan fingerprint density at radius 3 is 1.87 bits per heavy atom. The van der Waals surface area contributed by atoms with E-state index in [-0.39, 0.29) is 4.90 Å². The van der Waals surface area contributed by atoms with Gasteiger partial charge in [0, 0.05) is 5.69 Å². The number of carbonyl (C=O) groups is 1. The van der Waals surface area contributed by atoms with Gasteiger partial charge < -0.3 is 9.64 Å². The highest BCUT2D eigenvalue weighted by Crippen LogP contribution is 2.52. The second-order valence-electron chi connectivity index (χ2n) is 8.11. The number of anilines is 1. The lowest BCUT2D eigenvalue weighted by Crippen LogP contribution is -2.70. The summed E-state index contributed by atoms with van der Waals surface area (Å²) in [5, 5.41) is 0. The molecule has 6 heteroatoms. The molecule has 3 aromatic carbocycles. The summed E-state index contributed by atoms with van der Waals surface area (Å²) < 4.78 is 31.0. The number of hydrogen-bond donors (Lipinski definition) is 0. The number of benzene rings is 3. The fraction of sp³-hybridized carbons (Fsp3) is 0.240. The van der Waals surface area contributed by atoms with Gasteiger partial charge >= 0.3 is 0 Å². The summed E-state index contributed by atoms with van der Waals surface area (Å²) >= 11 is 0. The maximum absolute atomic E-state index is 13.7. The highest BCUT2D eigenvalue weighted by atomic mass is 32.2. The molecule has 0 aliphatic carbocycles. The number of β-lactam (4-membered cyclic amide) rings is 1. The van der Waals surface area contributed by atoms with E-state index in [4.69, 9.17) is 4.74 Å². The third-order valence-electron chi connectivity index (χ3n) is 6.06. The predicted molar refractivity (Wildman–Crippen MR) is 121 cm³/mol. The van der Waals surface area contributed by atoms with Crippen LogP contribution in [0.15, 0.2) is 77.7 Å². The molecule has 1 amide bonds. The van der Waals surface area contributed by atoms with Crippen molar-refractivity contribution < 1.29 is 17.9 Å². The summed E-state index contributed by atoms with van der Waals surface area (Å²) in [5.41, 5.74) is 3.43. The van der Waals surface area contributed by atoms with Gasteiger partial charge in [-0.3, -0.25) is 4.79 Å². The van der Waals surface area contributed by atoms with Crippen molar-refractivity contribution in [2.24, 2.45) is 0 Å². The third kappa shape index (κ3) is 3.22. The van der Waals surface area contributed by atoms with Crippen molar-refractivity contribution in [3.63, 3.8) is 0 Å². The Morgan fingerprint density at radius 1 is 0.839 bits per heavy atom. The van der Waals surface area contributed by atoms with E-state index in [1.54, 1.807) is 60.5 Å². The quantitative estimate of drug-likeness (QED) is 0.548. The highest BCUT2D eigenvalue weighted by Gasteiger charge is 2.66. The van der Waals surface area contributed by atoms with Crippen molar-refractivity contribution in [3.8, 4) is 5.75 Å². The molecule has 0 saturated carbocycles. The lowest BCUT2D eigenvalue weighted by molar-refractivity contribution is -0.127. The molecule has 0 aromatic heterocycles. The van der Waals surface area contributed by atoms with Crippen molar-refractivity contribution in [1.29, 1.82) is 0 Å². The maximum Gasteiger partial charge on any atom is 0.251 e. The first-order chi connectivity index (χ1) is 14.7. The molecule has 5 nitrogen and oxygen atoms in total. The molecule has 2 atom stereocenters. The Hall–Kier alpha value is -3.12. The van der Waals surface area contributed by atoms with E-state index in [9.17, 15) is 13.2 Å². The molecule has 1 aliphatic rings. The number of ether oxygens (including phenoxy) is 1. The van der Waals surface area contributed by atoms with Gasteiger partial charge in [0.1, 0.15) is 5.75 Å². The number of sulfone groups is 1. The Balaban J connectivity index is 1.85. The molecule has 0 unspecified atom stereocenters. The summed E-state index contributed by atoms with van der Waals surface area (Å²) in [7, 11) is -2.37. The summed E-state index contributed by atoms with van der Waals surface area (Å²) in [5.74, 6) is 0.225. The molecule has 4 rings (SSSR count). The average Bonchev–Trinajstić information content (AvgIpc) is 2.77. The van der Waals surface area contributed by atoms with Gasteiger partial charge in [-0.2, -0.15) is 0 Å². The lowest BCUT2D eigenvalue weighted by Gasteiger charge is -2.53. The molecule has 0 radical (unpaired) electrons. The molecule has 1 saturated heterocycles. The molecule has 3 aromatic rings. The van der Waals surface area contributed by atoms with Crippen molar-refractivity contribution >= 4 is 21.4 Å². The molecular formula is C25H25NO4S. The second kappa shape index (κ2) is 7.54. The molecule has 1 aliphatic heterocycles. The molecule has 1 heterocycles. The van der Waals surface area contributed by atoms with Crippen molar-refractivity contribution in [3.05, 3.63) is 89.5 Å². The van der Waals surface area contributed by atoms with E-state index in [1.807, 2.05) is 38.1 Å². The summed E-state index contributed by atoms with van der Waals surface area (Å²) in [6.45, 7) is 5.40. The number of rotatable bonds is 5. The Kier molecular flexibility index (Phi) is 5.13. The number of hydrogen-bond acceptors (Lipinski definition) is 4. The zero-order chi connectivity index (χ0) is 22.4. The molecule has 0 bridgehead atoms. The van der Waals surface area contributed by atoms with E-state index in [1.165, 1.54) is 6.92 Å². The van der Waals surface area contributed by atoms with Crippen LogP contribution in [0, 0.1) is 13.8 Å². The van der Waals surface area contributed by atoms with Gasteiger partial charge in [0.05, 0.1) is 18.0 Å². The molecule has 0 spiro atoms. The Morgan fingerprint density at radius 2 is 1.35 bits per heavy atom. The number of carbonyl (C=O) groups excluding carboxylic acids is 1. The summed E-state index contributed by atoms with van der Waals surface area (Å²) in [4.78, 5) is 15.2. The number of amides is 1. The van der Waals surface area contributed by atoms with Gasteiger partial charge in [-0.25, -0.2) is 8.42 Å². The number of aryl methyl sites for hydroxylation is 2. The molecule has 160 valence electrons. The Bertz CT molecular complexity index is 1220. The van der Waals surface area contributed by atoms with Crippen molar-refractivity contribution in [2.45, 2.75) is 36.5 Å². The van der Waals surface area contributed by atoms with Crippen LogP contribution in [-0.4, -0.2) is 26.2 Å². The van der Waals surface area contributed by atoms with Crippen LogP contribution in [0.4, 0.5) is 5.69 Å². The van der Waals surface area contributed by atoms with E-state index >= 15 is 0 Å². The van der Waals surface area contributed by atoms with Crippen LogP contribution >= 0.6 is 0 Å². The highest BCUT2D eigenvalue weighted by molar-refractivity contribution is 7.93. The summed E-state index contributed by atoms with van der Waals surface area (Å²) in [6, 6.07) is 20.7. The summed E-state index contributed by atoms with van der Waals surface area (Å²) in [6.07, 6.45) is 0. The SMILES string of the molecule is COc1ccc(N2C(=O)[C@](C)(S(=O)(=O)c3ccc(C)cc3)[C@@H]2c2ccc(C)cc2)cc1. The smallest absolute Gasteiger partial charge is 0.251 e. The van der Waals surface area contributed by atoms with Crippen LogP contribution in [0.5, 0.6) is 5.75 Å². The minimum atomic E-state index is -3.94. The van der Waals surface area contributed by atoms with Crippen LogP contribution < -0.4 is 9.64 Å². The molecule has 1 fully saturated rings. The van der Waals surface area contributed by atoms with Crippen LogP contribution in [0.1, 0.15) is 29.7 Å². The normalized spacial score (nSPS) is 21.0. The molecule has 0 N–H and O–H groups in total. The fourth-order valence-electron chi connectivity index (χ4n) is 4.10. The van der Waals surface area contributed by atoms with E-state index in [0.717, 1.165) is 16.7 Å². The van der Waals surface area contributed by atoms with E-state index < -0.39 is 26.5 Å². The van der Waals surface area contributed by atoms with Crippen molar-refractivity contribution in [1.82, 2.24) is 0 Å². The standard InChI is InChI=1S/C25H25NO4S/c1-17-5-9-19(10-6-17)23-25(3,31(28,29)22-15-7-18(2)8-16-22)24(27)26(23)20-11-13-21(30-4)14-12-20/h5-16,23H,1-4H3/t23-,25+/m0/s1. The Labute approximate surface area is 183 Å². The van der Waals surface area contributed by atoms with Gasteiger partial charge in [0.25, 0.3) is 5.91 Å². The lowest BCUT2D eigenvalue weighted by atomic mass is 9.82. The second-order valence-corrected chi connectivity index (χ2v) is 10.4. The van der Waals surface area contributed by atoms with Crippen LogP contribution in [0.2, 0.25) is 0 Å². The minimum Gasteiger partial charge on any atom is -0.497 e.